The lowest BCUT2D eigenvalue weighted by molar-refractivity contribution is -0.384. The predicted octanol–water partition coefficient (Wildman–Crippen LogP) is 2.07. The Kier molecular flexibility index (Phi) is 8.13. The van der Waals surface area contributed by atoms with Gasteiger partial charge >= 0.3 is 0 Å². The molecular weight excluding hydrogens is 305 g/mol. The van der Waals surface area contributed by atoms with Gasteiger partial charge in [0.2, 0.25) is 5.91 Å². The summed E-state index contributed by atoms with van der Waals surface area (Å²) in [6.45, 7) is 2.36. The molecule has 0 saturated heterocycles. The number of hydrogen-bond donors (Lipinski definition) is 2. The Morgan fingerprint density at radius 1 is 1.55 bits per heavy atom. The molecule has 0 spiro atoms. The standard InChI is InChI=1S/C12H16ClN3O3.ClH/c1-8(14)4-5-15-12(17)6-9-2-3-10(16(18)19)7-11(9)13;/h2-3,7-8H,4-6,14H2,1H3,(H,15,17);1H. The molecule has 0 aliphatic rings. The van der Waals surface area contributed by atoms with E-state index in [1.807, 2.05) is 6.92 Å². The second-order valence-electron chi connectivity index (χ2n) is 4.33. The number of halogens is 2. The van der Waals surface area contributed by atoms with Crippen molar-refractivity contribution in [1.29, 1.82) is 0 Å². The molecule has 1 aromatic rings. The number of carbonyl (C=O) groups is 1. The van der Waals surface area contributed by atoms with Crippen molar-refractivity contribution in [1.82, 2.24) is 5.32 Å². The highest BCUT2D eigenvalue weighted by molar-refractivity contribution is 6.31. The number of amides is 1. The number of benzene rings is 1. The lowest BCUT2D eigenvalue weighted by Gasteiger charge is -2.08. The Hall–Kier alpha value is -1.37. The number of hydrogen-bond acceptors (Lipinski definition) is 4. The van der Waals surface area contributed by atoms with Gasteiger partial charge in [-0.25, -0.2) is 0 Å². The van der Waals surface area contributed by atoms with Crippen LogP contribution in [-0.2, 0) is 11.2 Å². The Morgan fingerprint density at radius 3 is 2.70 bits per heavy atom. The van der Waals surface area contributed by atoms with E-state index in [2.05, 4.69) is 5.32 Å². The molecule has 0 fully saturated rings. The number of nitrogens with one attached hydrogen (secondary N) is 1. The molecule has 1 atom stereocenters. The van der Waals surface area contributed by atoms with Crippen LogP contribution in [0, 0.1) is 10.1 Å². The van der Waals surface area contributed by atoms with E-state index in [4.69, 9.17) is 17.3 Å². The zero-order chi connectivity index (χ0) is 14.4. The third-order valence-corrected chi connectivity index (χ3v) is 2.87. The Bertz CT molecular complexity index is 481. The molecule has 0 radical (unpaired) electrons. The summed E-state index contributed by atoms with van der Waals surface area (Å²) < 4.78 is 0. The van der Waals surface area contributed by atoms with Crippen LogP contribution in [0.2, 0.25) is 5.02 Å². The van der Waals surface area contributed by atoms with Crippen molar-refractivity contribution in [3.63, 3.8) is 0 Å². The van der Waals surface area contributed by atoms with E-state index in [-0.39, 0.29) is 41.5 Å². The van der Waals surface area contributed by atoms with Crippen LogP contribution in [0.5, 0.6) is 0 Å². The molecule has 0 heterocycles. The zero-order valence-electron chi connectivity index (χ0n) is 11.0. The molecule has 6 nitrogen and oxygen atoms in total. The number of carbonyl (C=O) groups excluding carboxylic acids is 1. The fourth-order valence-corrected chi connectivity index (χ4v) is 1.71. The van der Waals surface area contributed by atoms with E-state index in [1.165, 1.54) is 18.2 Å². The minimum atomic E-state index is -0.529. The molecular formula is C12H17Cl2N3O3. The Labute approximate surface area is 128 Å². The first-order valence-corrected chi connectivity index (χ1v) is 6.23. The van der Waals surface area contributed by atoms with Crippen LogP contribution >= 0.6 is 24.0 Å². The highest BCUT2D eigenvalue weighted by atomic mass is 35.5. The maximum atomic E-state index is 11.6. The van der Waals surface area contributed by atoms with Gasteiger partial charge in [0, 0.05) is 24.7 Å². The summed E-state index contributed by atoms with van der Waals surface area (Å²) in [5.41, 5.74) is 6.03. The first-order chi connectivity index (χ1) is 8.90. The smallest absolute Gasteiger partial charge is 0.270 e. The SMILES string of the molecule is CC(N)CCNC(=O)Cc1ccc([N+](=O)[O-])cc1Cl.Cl. The largest absolute Gasteiger partial charge is 0.356 e. The van der Waals surface area contributed by atoms with E-state index in [0.717, 1.165) is 0 Å². The Morgan fingerprint density at radius 2 is 2.20 bits per heavy atom. The Balaban J connectivity index is 0.00000361. The van der Waals surface area contributed by atoms with E-state index < -0.39 is 4.92 Å². The van der Waals surface area contributed by atoms with Gasteiger partial charge in [-0.1, -0.05) is 17.7 Å². The maximum absolute atomic E-state index is 11.6. The third kappa shape index (κ3) is 6.18. The number of rotatable bonds is 6. The van der Waals surface area contributed by atoms with Crippen LogP contribution in [0.3, 0.4) is 0 Å². The van der Waals surface area contributed by atoms with E-state index in [1.54, 1.807) is 0 Å². The second kappa shape index (κ2) is 8.73. The van der Waals surface area contributed by atoms with Crippen LogP contribution in [0.15, 0.2) is 18.2 Å². The summed E-state index contributed by atoms with van der Waals surface area (Å²) >= 11 is 5.90. The molecule has 1 unspecified atom stereocenters. The highest BCUT2D eigenvalue weighted by Gasteiger charge is 2.12. The molecule has 3 N–H and O–H groups in total. The van der Waals surface area contributed by atoms with Crippen molar-refractivity contribution in [2.75, 3.05) is 6.54 Å². The summed E-state index contributed by atoms with van der Waals surface area (Å²) in [6, 6.07) is 4.09. The van der Waals surface area contributed by atoms with Gasteiger partial charge in [0.1, 0.15) is 0 Å². The highest BCUT2D eigenvalue weighted by Crippen LogP contribution is 2.22. The van der Waals surface area contributed by atoms with Crippen LogP contribution in [0.25, 0.3) is 0 Å². The fraction of sp³-hybridized carbons (Fsp3) is 0.417. The maximum Gasteiger partial charge on any atom is 0.270 e. The molecule has 0 bridgehead atoms. The first kappa shape index (κ1) is 18.6. The average molecular weight is 322 g/mol. The molecule has 0 aliphatic heterocycles. The second-order valence-corrected chi connectivity index (χ2v) is 4.73. The van der Waals surface area contributed by atoms with Crippen LogP contribution < -0.4 is 11.1 Å². The summed E-state index contributed by atoms with van der Waals surface area (Å²) in [7, 11) is 0. The lowest BCUT2D eigenvalue weighted by Crippen LogP contribution is -2.30. The predicted molar refractivity (Wildman–Crippen MR) is 80.3 cm³/mol. The van der Waals surface area contributed by atoms with Crippen molar-refractivity contribution < 1.29 is 9.72 Å². The molecule has 0 aromatic heterocycles. The van der Waals surface area contributed by atoms with Crippen molar-refractivity contribution in [2.24, 2.45) is 5.73 Å². The summed E-state index contributed by atoms with van der Waals surface area (Å²) in [4.78, 5) is 21.6. The minimum absolute atomic E-state index is 0. The van der Waals surface area contributed by atoms with Gasteiger partial charge in [0.05, 0.1) is 16.4 Å². The number of nitrogens with two attached hydrogens (primary N) is 1. The van der Waals surface area contributed by atoms with Crippen LogP contribution in [0.1, 0.15) is 18.9 Å². The quantitative estimate of drug-likeness (QED) is 0.619. The fourth-order valence-electron chi connectivity index (χ4n) is 1.47. The van der Waals surface area contributed by atoms with Crippen LogP contribution in [0.4, 0.5) is 5.69 Å². The number of nitro groups is 1. The van der Waals surface area contributed by atoms with Gasteiger partial charge in [-0.2, -0.15) is 0 Å². The summed E-state index contributed by atoms with van der Waals surface area (Å²) in [5, 5.41) is 13.5. The van der Waals surface area contributed by atoms with E-state index in [0.29, 0.717) is 18.5 Å². The van der Waals surface area contributed by atoms with Gasteiger partial charge in [-0.3, -0.25) is 14.9 Å². The topological polar surface area (TPSA) is 98.3 Å². The molecule has 0 saturated carbocycles. The molecule has 1 rings (SSSR count). The zero-order valence-corrected chi connectivity index (χ0v) is 12.5. The average Bonchev–Trinajstić information content (AvgIpc) is 2.31. The molecule has 8 heteroatoms. The first-order valence-electron chi connectivity index (χ1n) is 5.85. The van der Waals surface area contributed by atoms with Gasteiger partial charge in [0.25, 0.3) is 5.69 Å². The van der Waals surface area contributed by atoms with E-state index in [9.17, 15) is 14.9 Å². The molecule has 0 aliphatic carbocycles. The normalized spacial score (nSPS) is 11.3. The number of nitro benzene ring substituents is 1. The van der Waals surface area contributed by atoms with Gasteiger partial charge in [0.15, 0.2) is 0 Å². The molecule has 112 valence electrons. The number of non-ortho nitro benzene ring substituents is 1. The lowest BCUT2D eigenvalue weighted by atomic mass is 10.1. The molecule has 1 amide bonds. The van der Waals surface area contributed by atoms with Gasteiger partial charge in [-0.05, 0) is 18.9 Å². The number of nitrogens with zero attached hydrogens (tertiary/aromatic N) is 1. The van der Waals surface area contributed by atoms with Crippen molar-refractivity contribution in [2.45, 2.75) is 25.8 Å². The summed E-state index contributed by atoms with van der Waals surface area (Å²) in [6.07, 6.45) is 0.787. The van der Waals surface area contributed by atoms with E-state index >= 15 is 0 Å². The van der Waals surface area contributed by atoms with Gasteiger partial charge in [-0.15, -0.1) is 12.4 Å². The summed E-state index contributed by atoms with van der Waals surface area (Å²) in [5.74, 6) is -0.184. The van der Waals surface area contributed by atoms with Crippen LogP contribution in [-0.4, -0.2) is 23.4 Å². The monoisotopic (exact) mass is 321 g/mol. The molecule has 20 heavy (non-hydrogen) atoms. The van der Waals surface area contributed by atoms with Crippen molar-refractivity contribution in [3.8, 4) is 0 Å². The third-order valence-electron chi connectivity index (χ3n) is 2.52. The van der Waals surface area contributed by atoms with Crippen molar-refractivity contribution >= 4 is 35.6 Å². The molecule has 1 aromatic carbocycles. The minimum Gasteiger partial charge on any atom is -0.356 e. The van der Waals surface area contributed by atoms with Gasteiger partial charge < -0.3 is 11.1 Å². The van der Waals surface area contributed by atoms with Crippen molar-refractivity contribution in [3.05, 3.63) is 38.9 Å².